The third kappa shape index (κ3) is 4.37. The maximum atomic E-state index is 6.20. The molecule has 29 heavy (non-hydrogen) atoms. The number of allylic oxidation sites excluding steroid dienone is 1. The van der Waals surface area contributed by atoms with Crippen LogP contribution in [0.4, 0.5) is 0 Å². The van der Waals surface area contributed by atoms with Crippen LogP contribution in [-0.4, -0.2) is 24.9 Å². The number of hydrogen-bond donors (Lipinski definition) is 0. The van der Waals surface area contributed by atoms with Crippen molar-refractivity contribution in [3.63, 3.8) is 0 Å². The lowest BCUT2D eigenvalue weighted by molar-refractivity contribution is 0.391. The Bertz CT molecular complexity index is 1140. The fraction of sp³-hybridized carbons (Fsp3) is 0.100. The van der Waals surface area contributed by atoms with Gasteiger partial charge in [-0.3, -0.25) is 4.57 Å². The maximum absolute atomic E-state index is 6.20. The third-order valence-corrected chi connectivity index (χ3v) is 5.57. The molecule has 146 valence electrons. The maximum Gasteiger partial charge on any atom is 0.237 e. The molecule has 2 heterocycles. The predicted molar refractivity (Wildman–Crippen MR) is 115 cm³/mol. The predicted octanol–water partition coefficient (Wildman–Crippen LogP) is 5.78. The smallest absolute Gasteiger partial charge is 0.237 e. The van der Waals surface area contributed by atoms with Crippen molar-refractivity contribution < 1.29 is 4.52 Å². The van der Waals surface area contributed by atoms with Gasteiger partial charge in [0.25, 0.3) is 0 Å². The van der Waals surface area contributed by atoms with Crippen LogP contribution in [0.15, 0.2) is 70.9 Å². The Morgan fingerprint density at radius 1 is 1.07 bits per heavy atom. The second kappa shape index (κ2) is 8.82. The summed E-state index contributed by atoms with van der Waals surface area (Å²) in [5.41, 5.74) is 1.66. The number of halogens is 2. The Labute approximate surface area is 181 Å². The second-order valence-corrected chi connectivity index (χ2v) is 7.78. The molecule has 6 nitrogen and oxygen atoms in total. The van der Waals surface area contributed by atoms with Crippen molar-refractivity contribution >= 4 is 35.0 Å². The first-order valence-corrected chi connectivity index (χ1v) is 10.4. The average molecular weight is 444 g/mol. The molecule has 0 amide bonds. The Morgan fingerprint density at radius 3 is 2.62 bits per heavy atom. The fourth-order valence-corrected chi connectivity index (χ4v) is 3.82. The van der Waals surface area contributed by atoms with Gasteiger partial charge in [-0.1, -0.05) is 58.3 Å². The van der Waals surface area contributed by atoms with Gasteiger partial charge in [-0.2, -0.15) is 4.98 Å². The Balaban J connectivity index is 1.54. The zero-order chi connectivity index (χ0) is 20.2. The molecule has 0 aliphatic rings. The zero-order valence-electron chi connectivity index (χ0n) is 15.1. The first kappa shape index (κ1) is 19.7. The van der Waals surface area contributed by atoms with Gasteiger partial charge in [0.1, 0.15) is 0 Å². The molecule has 0 saturated carbocycles. The molecule has 0 fully saturated rings. The highest BCUT2D eigenvalue weighted by Gasteiger charge is 2.16. The number of aromatic nitrogens is 5. The highest BCUT2D eigenvalue weighted by Crippen LogP contribution is 2.29. The molecular formula is C20H15Cl2N5OS. The molecule has 0 aliphatic heterocycles. The highest BCUT2D eigenvalue weighted by molar-refractivity contribution is 7.98. The largest absolute Gasteiger partial charge is 0.338 e. The molecule has 0 spiro atoms. The molecule has 4 rings (SSSR count). The summed E-state index contributed by atoms with van der Waals surface area (Å²) in [6.45, 7) is 4.40. The summed E-state index contributed by atoms with van der Waals surface area (Å²) in [5, 5.41) is 14.6. The summed E-state index contributed by atoms with van der Waals surface area (Å²) < 4.78 is 7.35. The molecule has 0 bridgehead atoms. The van der Waals surface area contributed by atoms with Crippen molar-refractivity contribution in [1.82, 2.24) is 24.9 Å². The van der Waals surface area contributed by atoms with Gasteiger partial charge < -0.3 is 4.52 Å². The van der Waals surface area contributed by atoms with Crippen LogP contribution < -0.4 is 0 Å². The number of thioether (sulfide) groups is 1. The quantitative estimate of drug-likeness (QED) is 0.266. The standard InChI is InChI=1S/C20H15Cl2N5OS/c1-2-11-27-19(13-7-9-14(21)10-8-13)24-25-20(27)29-12-17-23-18(26-28-17)15-5-3-4-6-16(15)22/h2-10H,1,11-12H2. The number of nitrogens with zero attached hydrogens (tertiary/aromatic N) is 5. The van der Waals surface area contributed by atoms with Crippen LogP contribution in [0.1, 0.15) is 5.89 Å². The van der Waals surface area contributed by atoms with Crippen LogP contribution in [0.2, 0.25) is 10.0 Å². The first-order valence-electron chi connectivity index (χ1n) is 8.66. The number of hydrogen-bond acceptors (Lipinski definition) is 6. The summed E-state index contributed by atoms with van der Waals surface area (Å²) >= 11 is 13.6. The van der Waals surface area contributed by atoms with Gasteiger partial charge in [-0.25, -0.2) is 0 Å². The van der Waals surface area contributed by atoms with Crippen molar-refractivity contribution in [1.29, 1.82) is 0 Å². The van der Waals surface area contributed by atoms with Gasteiger partial charge in [0.2, 0.25) is 11.7 Å². The Hall–Kier alpha value is -2.61. The van der Waals surface area contributed by atoms with Crippen LogP contribution in [0.3, 0.4) is 0 Å². The molecule has 0 unspecified atom stereocenters. The molecule has 2 aromatic carbocycles. The second-order valence-electron chi connectivity index (χ2n) is 5.99. The Morgan fingerprint density at radius 2 is 1.86 bits per heavy atom. The van der Waals surface area contributed by atoms with Gasteiger partial charge in [0, 0.05) is 22.7 Å². The van der Waals surface area contributed by atoms with Crippen LogP contribution in [-0.2, 0) is 12.3 Å². The van der Waals surface area contributed by atoms with Gasteiger partial charge in [0.15, 0.2) is 11.0 Å². The van der Waals surface area contributed by atoms with E-state index in [0.29, 0.717) is 34.1 Å². The van der Waals surface area contributed by atoms with Crippen molar-refractivity contribution in [3.05, 3.63) is 77.1 Å². The minimum Gasteiger partial charge on any atom is -0.338 e. The highest BCUT2D eigenvalue weighted by atomic mass is 35.5. The van der Waals surface area contributed by atoms with Crippen LogP contribution >= 0.6 is 35.0 Å². The van der Waals surface area contributed by atoms with E-state index in [1.54, 1.807) is 12.1 Å². The molecule has 0 atom stereocenters. The summed E-state index contributed by atoms with van der Waals surface area (Å²) in [6.07, 6.45) is 1.80. The molecular weight excluding hydrogens is 429 g/mol. The molecule has 9 heteroatoms. The number of rotatable bonds is 7. The molecule has 0 aliphatic carbocycles. The van der Waals surface area contributed by atoms with E-state index in [1.807, 2.05) is 47.0 Å². The van der Waals surface area contributed by atoms with E-state index in [2.05, 4.69) is 26.9 Å². The molecule has 0 N–H and O–H groups in total. The first-order chi connectivity index (χ1) is 14.2. The fourth-order valence-electron chi connectivity index (χ4n) is 2.69. The molecule has 0 radical (unpaired) electrons. The van der Waals surface area contributed by atoms with Crippen molar-refractivity contribution in [2.24, 2.45) is 0 Å². The minimum absolute atomic E-state index is 0.452. The van der Waals surface area contributed by atoms with Crippen LogP contribution in [0, 0.1) is 0 Å². The minimum atomic E-state index is 0.452. The SMILES string of the molecule is C=CCn1c(SCc2nc(-c3ccccc3Cl)no2)nnc1-c1ccc(Cl)cc1. The molecule has 4 aromatic rings. The van der Waals surface area contributed by atoms with E-state index in [9.17, 15) is 0 Å². The van der Waals surface area contributed by atoms with Gasteiger partial charge >= 0.3 is 0 Å². The van der Waals surface area contributed by atoms with Crippen molar-refractivity contribution in [2.45, 2.75) is 17.5 Å². The average Bonchev–Trinajstić information content (AvgIpc) is 3.35. The summed E-state index contributed by atoms with van der Waals surface area (Å²) in [5.74, 6) is 2.13. The summed E-state index contributed by atoms with van der Waals surface area (Å²) in [4.78, 5) is 4.43. The lowest BCUT2D eigenvalue weighted by atomic mass is 10.2. The van der Waals surface area contributed by atoms with Gasteiger partial charge in [-0.15, -0.1) is 16.8 Å². The van der Waals surface area contributed by atoms with Gasteiger partial charge in [0.05, 0.1) is 10.8 Å². The van der Waals surface area contributed by atoms with Crippen LogP contribution in [0.5, 0.6) is 0 Å². The molecule has 0 saturated heterocycles. The third-order valence-electron chi connectivity index (χ3n) is 4.04. The summed E-state index contributed by atoms with van der Waals surface area (Å²) in [7, 11) is 0. The topological polar surface area (TPSA) is 69.6 Å². The monoisotopic (exact) mass is 443 g/mol. The van der Waals surface area contributed by atoms with E-state index in [1.165, 1.54) is 11.8 Å². The molecule has 2 aromatic heterocycles. The van der Waals surface area contributed by atoms with E-state index in [4.69, 9.17) is 27.7 Å². The van der Waals surface area contributed by atoms with E-state index in [-0.39, 0.29) is 0 Å². The van der Waals surface area contributed by atoms with E-state index in [0.717, 1.165) is 22.1 Å². The summed E-state index contributed by atoms with van der Waals surface area (Å²) in [6, 6.07) is 14.8. The van der Waals surface area contributed by atoms with Crippen LogP contribution in [0.25, 0.3) is 22.8 Å². The lowest BCUT2D eigenvalue weighted by Crippen LogP contribution is -2.00. The van der Waals surface area contributed by atoms with Crippen molar-refractivity contribution in [2.75, 3.05) is 0 Å². The van der Waals surface area contributed by atoms with E-state index < -0.39 is 0 Å². The normalized spacial score (nSPS) is 11.0. The van der Waals surface area contributed by atoms with E-state index >= 15 is 0 Å². The Kier molecular flexibility index (Phi) is 5.99. The lowest BCUT2D eigenvalue weighted by Gasteiger charge is -2.07. The van der Waals surface area contributed by atoms with Gasteiger partial charge in [-0.05, 0) is 36.4 Å². The van der Waals surface area contributed by atoms with Crippen molar-refractivity contribution in [3.8, 4) is 22.8 Å². The zero-order valence-corrected chi connectivity index (χ0v) is 17.5. The number of benzene rings is 2.